The van der Waals surface area contributed by atoms with E-state index in [2.05, 4.69) is 5.32 Å². The molecule has 1 rings (SSSR count). The molecule has 0 aromatic heterocycles. The number of rotatable bonds is 5. The van der Waals surface area contributed by atoms with Gasteiger partial charge in [0.1, 0.15) is 25.0 Å². The van der Waals surface area contributed by atoms with E-state index in [9.17, 15) is 14.4 Å². The minimum Gasteiger partial charge on any atom is -0.463 e. The Bertz CT molecular complexity index is 485. The molecule has 4 atom stereocenters. The van der Waals surface area contributed by atoms with Gasteiger partial charge in [-0.05, 0) is 12.2 Å². The Labute approximate surface area is 138 Å². The molecule has 0 aromatic carbocycles. The van der Waals surface area contributed by atoms with E-state index in [0.29, 0.717) is 0 Å². The summed E-state index contributed by atoms with van der Waals surface area (Å²) in [6.07, 6.45) is -3.07. The van der Waals surface area contributed by atoms with Gasteiger partial charge in [0.05, 0.1) is 0 Å². The summed E-state index contributed by atoms with van der Waals surface area (Å²) in [5.74, 6) is -1.65. The van der Waals surface area contributed by atoms with Crippen LogP contribution in [-0.2, 0) is 33.3 Å². The third-order valence-electron chi connectivity index (χ3n) is 2.89. The van der Waals surface area contributed by atoms with Crippen LogP contribution in [0.5, 0.6) is 0 Å². The third kappa shape index (κ3) is 6.78. The Hall–Kier alpha value is -1.94. The molecule has 0 bridgehead atoms. The number of hydrogen-bond acceptors (Lipinski definition) is 8. The predicted octanol–water partition coefficient (Wildman–Crippen LogP) is -0.639. The molecule has 0 aromatic rings. The lowest BCUT2D eigenvalue weighted by Gasteiger charge is -2.40. The van der Waals surface area contributed by atoms with Crippen LogP contribution in [-0.4, -0.2) is 54.2 Å². The van der Waals surface area contributed by atoms with Crippen molar-refractivity contribution in [3.05, 3.63) is 0 Å². The quantitative estimate of drug-likeness (QED) is 0.376. The van der Waals surface area contributed by atoms with Crippen LogP contribution in [0.4, 0.5) is 0 Å². The van der Waals surface area contributed by atoms with Crippen LogP contribution in [0.3, 0.4) is 0 Å². The number of thiocarbonyl (C=S) groups is 1. The van der Waals surface area contributed by atoms with Gasteiger partial charge < -0.3 is 30.0 Å². The zero-order valence-electron chi connectivity index (χ0n) is 13.1. The highest BCUT2D eigenvalue weighted by molar-refractivity contribution is 7.80. The number of carbonyl (C=O) groups is 3. The maximum absolute atomic E-state index is 11.3. The molecule has 3 N–H and O–H groups in total. The molecule has 130 valence electrons. The van der Waals surface area contributed by atoms with Gasteiger partial charge in [-0.2, -0.15) is 0 Å². The van der Waals surface area contributed by atoms with Gasteiger partial charge in [-0.25, -0.2) is 0 Å². The summed E-state index contributed by atoms with van der Waals surface area (Å²) in [6, 6.07) is 0. The number of nitrogens with one attached hydrogen (secondary N) is 1. The fourth-order valence-corrected chi connectivity index (χ4v) is 2.32. The van der Waals surface area contributed by atoms with Crippen molar-refractivity contribution in [1.82, 2.24) is 5.32 Å². The van der Waals surface area contributed by atoms with E-state index < -0.39 is 42.4 Å². The molecule has 0 unspecified atom stereocenters. The lowest BCUT2D eigenvalue weighted by atomic mass is 10.0. The van der Waals surface area contributed by atoms with Crippen LogP contribution in [0.2, 0.25) is 0 Å². The zero-order valence-corrected chi connectivity index (χ0v) is 13.9. The molecule has 1 saturated heterocycles. The van der Waals surface area contributed by atoms with Gasteiger partial charge in [-0.3, -0.25) is 14.4 Å². The van der Waals surface area contributed by atoms with Crippen LogP contribution in [0, 0.1) is 0 Å². The summed E-state index contributed by atoms with van der Waals surface area (Å²) in [5.41, 5.74) is 5.41. The van der Waals surface area contributed by atoms with E-state index in [1.165, 1.54) is 20.8 Å². The molecule has 1 fully saturated rings. The second kappa shape index (κ2) is 8.63. The second-order valence-corrected chi connectivity index (χ2v) is 5.37. The van der Waals surface area contributed by atoms with Crippen molar-refractivity contribution in [1.29, 1.82) is 0 Å². The van der Waals surface area contributed by atoms with Gasteiger partial charge in [0.2, 0.25) is 0 Å². The lowest BCUT2D eigenvalue weighted by molar-refractivity contribution is -0.216. The highest BCUT2D eigenvalue weighted by atomic mass is 32.1. The Kier molecular flexibility index (Phi) is 7.17. The standard InChI is InChI=1S/C13H20N2O7S/c1-6(16)19-5-10-12(21-8(3)18)9(20-7(2)17)4-11(22-10)15-13(14)23/h9-12H,4-5H2,1-3H3,(H3,14,15,23)/t9-,10-,11-,12+/m1/s1. The second-order valence-electron chi connectivity index (χ2n) is 4.93. The van der Waals surface area contributed by atoms with Crippen LogP contribution in [0.25, 0.3) is 0 Å². The Balaban J connectivity index is 2.94. The van der Waals surface area contributed by atoms with E-state index in [4.69, 9.17) is 36.9 Å². The lowest BCUT2D eigenvalue weighted by Crippen LogP contribution is -2.58. The van der Waals surface area contributed by atoms with E-state index >= 15 is 0 Å². The van der Waals surface area contributed by atoms with Crippen molar-refractivity contribution in [3.63, 3.8) is 0 Å². The Morgan fingerprint density at radius 2 is 1.78 bits per heavy atom. The van der Waals surface area contributed by atoms with Gasteiger partial charge in [0.15, 0.2) is 11.2 Å². The minimum absolute atomic E-state index is 0.00579. The van der Waals surface area contributed by atoms with Crippen molar-refractivity contribution in [2.75, 3.05) is 6.61 Å². The highest BCUT2D eigenvalue weighted by Gasteiger charge is 2.43. The predicted molar refractivity (Wildman–Crippen MR) is 80.9 cm³/mol. The molecule has 1 heterocycles. The smallest absolute Gasteiger partial charge is 0.303 e. The molecular formula is C13H20N2O7S. The molecule has 0 saturated carbocycles. The first kappa shape index (κ1) is 19.1. The van der Waals surface area contributed by atoms with Crippen molar-refractivity contribution in [2.24, 2.45) is 5.73 Å². The number of carbonyl (C=O) groups excluding carboxylic acids is 3. The Morgan fingerprint density at radius 3 is 2.26 bits per heavy atom. The molecule has 0 aliphatic carbocycles. The van der Waals surface area contributed by atoms with Crippen molar-refractivity contribution in [2.45, 2.75) is 51.7 Å². The first-order valence-corrected chi connectivity index (χ1v) is 7.29. The van der Waals surface area contributed by atoms with Crippen molar-refractivity contribution in [3.8, 4) is 0 Å². The summed E-state index contributed by atoms with van der Waals surface area (Å²) in [6.45, 7) is 3.50. The maximum atomic E-state index is 11.3. The first-order valence-electron chi connectivity index (χ1n) is 6.88. The Morgan fingerprint density at radius 1 is 1.17 bits per heavy atom. The average molecular weight is 348 g/mol. The van der Waals surface area contributed by atoms with E-state index in [1.54, 1.807) is 0 Å². The minimum atomic E-state index is -0.917. The van der Waals surface area contributed by atoms with Crippen LogP contribution >= 0.6 is 12.2 Å². The highest BCUT2D eigenvalue weighted by Crippen LogP contribution is 2.25. The van der Waals surface area contributed by atoms with Crippen molar-refractivity contribution >= 4 is 35.2 Å². The molecule has 1 aliphatic heterocycles. The van der Waals surface area contributed by atoms with Crippen LogP contribution in [0.15, 0.2) is 0 Å². The summed E-state index contributed by atoms with van der Waals surface area (Å²) in [7, 11) is 0. The first-order chi connectivity index (χ1) is 10.7. The molecular weight excluding hydrogens is 328 g/mol. The topological polar surface area (TPSA) is 126 Å². The van der Waals surface area contributed by atoms with Gasteiger partial charge in [0, 0.05) is 27.2 Å². The number of esters is 3. The summed E-state index contributed by atoms with van der Waals surface area (Å²) in [4.78, 5) is 33.6. The van der Waals surface area contributed by atoms with Gasteiger partial charge in [-0.15, -0.1) is 0 Å². The fourth-order valence-electron chi connectivity index (χ4n) is 2.19. The fraction of sp³-hybridized carbons (Fsp3) is 0.692. The molecule has 0 spiro atoms. The van der Waals surface area contributed by atoms with Crippen LogP contribution < -0.4 is 11.1 Å². The van der Waals surface area contributed by atoms with E-state index in [1.807, 2.05) is 0 Å². The number of ether oxygens (including phenoxy) is 4. The summed E-state index contributed by atoms with van der Waals surface area (Å²) >= 11 is 4.76. The molecule has 10 heteroatoms. The van der Waals surface area contributed by atoms with Gasteiger partial charge in [-0.1, -0.05) is 0 Å². The number of nitrogens with two attached hydrogens (primary N) is 1. The normalized spacial score (nSPS) is 26.7. The van der Waals surface area contributed by atoms with Crippen LogP contribution in [0.1, 0.15) is 27.2 Å². The monoisotopic (exact) mass is 348 g/mol. The molecule has 23 heavy (non-hydrogen) atoms. The van der Waals surface area contributed by atoms with E-state index in [-0.39, 0.29) is 18.1 Å². The largest absolute Gasteiger partial charge is 0.463 e. The molecule has 0 radical (unpaired) electrons. The average Bonchev–Trinajstić information content (AvgIpc) is 2.37. The van der Waals surface area contributed by atoms with Crippen molar-refractivity contribution < 1.29 is 33.3 Å². The van der Waals surface area contributed by atoms with Gasteiger partial charge in [0.25, 0.3) is 0 Å². The van der Waals surface area contributed by atoms with Gasteiger partial charge >= 0.3 is 17.9 Å². The summed E-state index contributed by atoms with van der Waals surface area (Å²) in [5, 5.41) is 2.69. The molecule has 9 nitrogen and oxygen atoms in total. The summed E-state index contributed by atoms with van der Waals surface area (Å²) < 4.78 is 20.9. The SMILES string of the molecule is CC(=O)OC[C@H]1O[C@@H](NC(N)=S)C[C@@H](OC(C)=O)[C@@H]1OC(C)=O. The van der Waals surface area contributed by atoms with E-state index in [0.717, 1.165) is 0 Å². The maximum Gasteiger partial charge on any atom is 0.303 e. The third-order valence-corrected chi connectivity index (χ3v) is 3.01. The molecule has 1 aliphatic rings. The number of hydrogen-bond donors (Lipinski definition) is 2. The zero-order chi connectivity index (χ0) is 17.6. The molecule has 0 amide bonds.